The van der Waals surface area contributed by atoms with Crippen molar-refractivity contribution in [2.24, 2.45) is 13.0 Å². The average Bonchev–Trinajstić information content (AvgIpc) is 3.00. The first kappa shape index (κ1) is 11.1. The van der Waals surface area contributed by atoms with E-state index < -0.39 is 0 Å². The summed E-state index contributed by atoms with van der Waals surface area (Å²) in [6.45, 7) is 2.09. The molecule has 1 fully saturated rings. The maximum absolute atomic E-state index is 9.91. The molecular weight excluding hydrogens is 256 g/mol. The van der Waals surface area contributed by atoms with E-state index in [0.717, 1.165) is 28.7 Å². The van der Waals surface area contributed by atoms with Crippen molar-refractivity contribution in [2.75, 3.05) is 0 Å². The Balaban J connectivity index is 2.15. The summed E-state index contributed by atoms with van der Waals surface area (Å²) >= 11 is 3.57. The Morgan fingerprint density at radius 1 is 1.60 bits per heavy atom. The Morgan fingerprint density at radius 3 is 2.73 bits per heavy atom. The first-order valence-corrected chi connectivity index (χ1v) is 6.31. The topological polar surface area (TPSA) is 38.0 Å². The van der Waals surface area contributed by atoms with Gasteiger partial charge < -0.3 is 5.11 Å². The molecule has 0 saturated heterocycles. The van der Waals surface area contributed by atoms with Crippen LogP contribution in [0.5, 0.6) is 0 Å². The van der Waals surface area contributed by atoms with E-state index in [4.69, 9.17) is 0 Å². The number of hydrogen-bond donors (Lipinski definition) is 1. The van der Waals surface area contributed by atoms with Gasteiger partial charge in [0, 0.05) is 13.5 Å². The van der Waals surface area contributed by atoms with Crippen molar-refractivity contribution in [1.82, 2.24) is 9.78 Å². The molecule has 1 atom stereocenters. The second kappa shape index (κ2) is 4.26. The van der Waals surface area contributed by atoms with Crippen molar-refractivity contribution >= 4 is 15.9 Å². The fraction of sp³-hybridized carbons (Fsp3) is 0.727. The lowest BCUT2D eigenvalue weighted by atomic mass is 10.1. The molecule has 1 N–H and O–H groups in total. The molecule has 1 unspecified atom stereocenters. The molecule has 84 valence electrons. The van der Waals surface area contributed by atoms with E-state index in [1.807, 2.05) is 11.7 Å². The summed E-state index contributed by atoms with van der Waals surface area (Å²) in [4.78, 5) is 0. The molecule has 1 saturated carbocycles. The molecule has 0 bridgehead atoms. The standard InChI is InChI=1S/C11H17BrN2O/c1-3-8-11(12)9(14(2)13-8)6-10(15)7-4-5-7/h7,10,15H,3-6H2,1-2H3. The molecule has 1 heterocycles. The number of aliphatic hydroxyl groups excluding tert-OH is 1. The van der Waals surface area contributed by atoms with Crippen molar-refractivity contribution in [3.8, 4) is 0 Å². The van der Waals surface area contributed by atoms with E-state index in [-0.39, 0.29) is 6.10 Å². The maximum atomic E-state index is 9.91. The maximum Gasteiger partial charge on any atom is 0.0766 e. The van der Waals surface area contributed by atoms with Crippen molar-refractivity contribution in [3.63, 3.8) is 0 Å². The number of hydrogen-bond acceptors (Lipinski definition) is 2. The van der Waals surface area contributed by atoms with E-state index in [1.165, 1.54) is 12.8 Å². The van der Waals surface area contributed by atoms with Gasteiger partial charge in [0.25, 0.3) is 0 Å². The fourth-order valence-corrected chi connectivity index (χ4v) is 2.67. The van der Waals surface area contributed by atoms with Crippen molar-refractivity contribution in [3.05, 3.63) is 15.9 Å². The zero-order chi connectivity index (χ0) is 11.0. The monoisotopic (exact) mass is 272 g/mol. The van der Waals surface area contributed by atoms with Gasteiger partial charge in [0.2, 0.25) is 0 Å². The molecular formula is C11H17BrN2O. The van der Waals surface area contributed by atoms with Gasteiger partial charge in [-0.3, -0.25) is 4.68 Å². The molecule has 0 amide bonds. The van der Waals surface area contributed by atoms with Gasteiger partial charge in [0.1, 0.15) is 0 Å². The van der Waals surface area contributed by atoms with Gasteiger partial charge in [0.05, 0.1) is 22.0 Å². The molecule has 1 aromatic rings. The fourth-order valence-electron chi connectivity index (χ4n) is 1.89. The summed E-state index contributed by atoms with van der Waals surface area (Å²) in [6, 6.07) is 0. The predicted molar refractivity (Wildman–Crippen MR) is 62.7 cm³/mol. The van der Waals surface area contributed by atoms with Crippen LogP contribution in [0.15, 0.2) is 4.47 Å². The predicted octanol–water partition coefficient (Wildman–Crippen LogP) is 2.06. The lowest BCUT2D eigenvalue weighted by molar-refractivity contribution is 0.149. The molecule has 15 heavy (non-hydrogen) atoms. The van der Waals surface area contributed by atoms with E-state index >= 15 is 0 Å². The van der Waals surface area contributed by atoms with Crippen molar-refractivity contribution in [1.29, 1.82) is 0 Å². The van der Waals surface area contributed by atoms with Crippen molar-refractivity contribution in [2.45, 2.75) is 38.7 Å². The average molecular weight is 273 g/mol. The lowest BCUT2D eigenvalue weighted by Crippen LogP contribution is -2.15. The highest BCUT2D eigenvalue weighted by atomic mass is 79.9. The second-order valence-corrected chi connectivity index (χ2v) is 5.09. The number of halogens is 1. The van der Waals surface area contributed by atoms with Gasteiger partial charge in [-0.15, -0.1) is 0 Å². The number of nitrogens with zero attached hydrogens (tertiary/aromatic N) is 2. The summed E-state index contributed by atoms with van der Waals surface area (Å²) < 4.78 is 2.96. The van der Waals surface area contributed by atoms with Gasteiger partial charge in [-0.25, -0.2) is 0 Å². The highest BCUT2D eigenvalue weighted by Crippen LogP contribution is 2.35. The molecule has 0 aliphatic heterocycles. The minimum absolute atomic E-state index is 0.193. The minimum atomic E-state index is -0.193. The van der Waals surface area contributed by atoms with Crippen LogP contribution in [-0.2, 0) is 19.9 Å². The summed E-state index contributed by atoms with van der Waals surface area (Å²) in [6.07, 6.45) is 3.80. The summed E-state index contributed by atoms with van der Waals surface area (Å²) in [5.74, 6) is 0.525. The van der Waals surface area contributed by atoms with E-state index in [0.29, 0.717) is 5.92 Å². The van der Waals surface area contributed by atoms with Gasteiger partial charge in [-0.1, -0.05) is 6.92 Å². The van der Waals surface area contributed by atoms with Crippen LogP contribution in [0.2, 0.25) is 0 Å². The molecule has 1 aliphatic carbocycles. The minimum Gasteiger partial charge on any atom is -0.392 e. The quantitative estimate of drug-likeness (QED) is 0.911. The molecule has 0 radical (unpaired) electrons. The van der Waals surface area contributed by atoms with Gasteiger partial charge in [-0.2, -0.15) is 5.10 Å². The van der Waals surface area contributed by atoms with Gasteiger partial charge >= 0.3 is 0 Å². The molecule has 3 nitrogen and oxygen atoms in total. The normalized spacial score (nSPS) is 18.1. The molecule has 2 rings (SSSR count). The first-order chi connectivity index (χ1) is 7.13. The number of aliphatic hydroxyl groups is 1. The largest absolute Gasteiger partial charge is 0.392 e. The lowest BCUT2D eigenvalue weighted by Gasteiger charge is -2.09. The second-order valence-electron chi connectivity index (χ2n) is 4.29. The van der Waals surface area contributed by atoms with Crippen LogP contribution in [0.4, 0.5) is 0 Å². The van der Waals surface area contributed by atoms with Crippen LogP contribution < -0.4 is 0 Å². The number of aromatic nitrogens is 2. The van der Waals surface area contributed by atoms with E-state index in [1.54, 1.807) is 0 Å². The highest BCUT2D eigenvalue weighted by molar-refractivity contribution is 9.10. The molecule has 0 aromatic carbocycles. The summed E-state index contributed by atoms with van der Waals surface area (Å²) in [5.41, 5.74) is 2.20. The summed E-state index contributed by atoms with van der Waals surface area (Å²) in [5, 5.41) is 14.3. The van der Waals surface area contributed by atoms with Crippen LogP contribution in [0.1, 0.15) is 31.2 Å². The van der Waals surface area contributed by atoms with E-state index in [9.17, 15) is 5.11 Å². The molecule has 0 spiro atoms. The van der Waals surface area contributed by atoms with Crippen LogP contribution in [-0.4, -0.2) is 21.0 Å². The Kier molecular flexibility index (Phi) is 3.16. The molecule has 1 aromatic heterocycles. The van der Waals surface area contributed by atoms with Crippen molar-refractivity contribution < 1.29 is 5.11 Å². The Hall–Kier alpha value is -0.350. The van der Waals surface area contributed by atoms with Gasteiger partial charge in [0.15, 0.2) is 0 Å². The Labute approximate surface area is 98.6 Å². The van der Waals surface area contributed by atoms with Crippen LogP contribution in [0.3, 0.4) is 0 Å². The van der Waals surface area contributed by atoms with Crippen LogP contribution >= 0.6 is 15.9 Å². The Bertz CT molecular complexity index is 358. The van der Waals surface area contributed by atoms with E-state index in [2.05, 4.69) is 28.0 Å². The Morgan fingerprint density at radius 2 is 2.27 bits per heavy atom. The van der Waals surface area contributed by atoms with Gasteiger partial charge in [-0.05, 0) is 41.1 Å². The SMILES string of the molecule is CCc1nn(C)c(CC(O)C2CC2)c1Br. The highest BCUT2D eigenvalue weighted by Gasteiger charge is 2.31. The zero-order valence-electron chi connectivity index (χ0n) is 9.20. The first-order valence-electron chi connectivity index (χ1n) is 5.51. The number of rotatable bonds is 4. The summed E-state index contributed by atoms with van der Waals surface area (Å²) in [7, 11) is 1.94. The third-order valence-electron chi connectivity index (χ3n) is 3.07. The molecule has 1 aliphatic rings. The zero-order valence-corrected chi connectivity index (χ0v) is 10.8. The molecule has 4 heteroatoms. The third-order valence-corrected chi connectivity index (χ3v) is 3.99. The number of aryl methyl sites for hydroxylation is 2. The third kappa shape index (κ3) is 2.26. The van der Waals surface area contributed by atoms with Crippen LogP contribution in [0, 0.1) is 5.92 Å². The smallest absolute Gasteiger partial charge is 0.0766 e. The van der Waals surface area contributed by atoms with Crippen LogP contribution in [0.25, 0.3) is 0 Å².